The summed E-state index contributed by atoms with van der Waals surface area (Å²) in [7, 11) is 1.68. The van der Waals surface area contributed by atoms with Crippen LogP contribution in [0.25, 0.3) is 0 Å². The third kappa shape index (κ3) is 4.35. The Hall–Kier alpha value is -3.48. The number of hydrogen-bond acceptors (Lipinski definition) is 6. The Bertz CT molecular complexity index is 1030. The molecular weight excluding hydrogens is 394 g/mol. The van der Waals surface area contributed by atoms with Gasteiger partial charge in [0.05, 0.1) is 29.6 Å². The first-order valence-corrected chi connectivity index (χ1v) is 10.4. The van der Waals surface area contributed by atoms with Crippen molar-refractivity contribution in [3.63, 3.8) is 0 Å². The van der Waals surface area contributed by atoms with Gasteiger partial charge in [0.25, 0.3) is 5.91 Å². The number of aromatic nitrogens is 1. The first kappa shape index (κ1) is 20.8. The van der Waals surface area contributed by atoms with E-state index in [-0.39, 0.29) is 5.91 Å². The molecule has 31 heavy (non-hydrogen) atoms. The highest BCUT2D eigenvalue weighted by atomic mass is 16.5. The number of piperazine rings is 1. The van der Waals surface area contributed by atoms with Gasteiger partial charge in [0, 0.05) is 26.2 Å². The van der Waals surface area contributed by atoms with Crippen molar-refractivity contribution >= 4 is 11.6 Å². The second-order valence-electron chi connectivity index (χ2n) is 7.54. The van der Waals surface area contributed by atoms with Crippen LogP contribution >= 0.6 is 0 Å². The minimum absolute atomic E-state index is 0.0194. The molecule has 0 bridgehead atoms. The Morgan fingerprint density at radius 3 is 2.35 bits per heavy atom. The van der Waals surface area contributed by atoms with Crippen LogP contribution in [0.1, 0.15) is 27.4 Å². The molecule has 0 atom stereocenters. The fraction of sp³-hybridized carbons (Fsp3) is 0.333. The van der Waals surface area contributed by atoms with Crippen LogP contribution in [0.15, 0.2) is 53.1 Å². The largest absolute Gasteiger partial charge is 0.495 e. The zero-order valence-corrected chi connectivity index (χ0v) is 18.1. The predicted molar refractivity (Wildman–Crippen MR) is 118 cm³/mol. The fourth-order valence-electron chi connectivity index (χ4n) is 3.84. The smallest absolute Gasteiger partial charge is 0.257 e. The summed E-state index contributed by atoms with van der Waals surface area (Å²) in [5.74, 6) is 2.13. The van der Waals surface area contributed by atoms with Crippen LogP contribution < -0.4 is 14.4 Å². The van der Waals surface area contributed by atoms with E-state index in [2.05, 4.69) is 10.1 Å². The zero-order valence-electron chi connectivity index (χ0n) is 18.1. The zero-order chi connectivity index (χ0) is 21.8. The van der Waals surface area contributed by atoms with E-state index in [1.165, 1.54) is 0 Å². The minimum atomic E-state index is -0.0194. The van der Waals surface area contributed by atoms with Gasteiger partial charge in [-0.3, -0.25) is 4.79 Å². The normalized spacial score (nSPS) is 13.9. The van der Waals surface area contributed by atoms with E-state index < -0.39 is 0 Å². The molecule has 7 nitrogen and oxygen atoms in total. The van der Waals surface area contributed by atoms with Crippen molar-refractivity contribution in [1.82, 2.24) is 10.1 Å². The highest BCUT2D eigenvalue weighted by molar-refractivity contribution is 5.97. The lowest BCUT2D eigenvalue weighted by Gasteiger charge is -2.36. The van der Waals surface area contributed by atoms with E-state index in [9.17, 15) is 4.79 Å². The van der Waals surface area contributed by atoms with Gasteiger partial charge < -0.3 is 23.8 Å². The van der Waals surface area contributed by atoms with Crippen LogP contribution in [-0.2, 0) is 6.61 Å². The lowest BCUT2D eigenvalue weighted by Crippen LogP contribution is -2.49. The number of para-hydroxylation sites is 3. The van der Waals surface area contributed by atoms with Gasteiger partial charge in [-0.05, 0) is 38.1 Å². The lowest BCUT2D eigenvalue weighted by atomic mass is 10.1. The third-order valence-corrected chi connectivity index (χ3v) is 5.66. The number of anilines is 1. The summed E-state index contributed by atoms with van der Waals surface area (Å²) >= 11 is 0. The fourth-order valence-corrected chi connectivity index (χ4v) is 3.84. The molecule has 1 fully saturated rings. The van der Waals surface area contributed by atoms with Gasteiger partial charge in [0.15, 0.2) is 0 Å². The standard InChI is InChI=1S/C24H27N3O4/c1-17-20(18(2)31-25-17)16-30-22-10-6-4-8-19(22)24(28)27-14-12-26(13-15-27)21-9-5-7-11-23(21)29-3/h4-11H,12-16H2,1-3H3. The maximum atomic E-state index is 13.3. The predicted octanol–water partition coefficient (Wildman–Crippen LogP) is 3.84. The van der Waals surface area contributed by atoms with Crippen molar-refractivity contribution in [1.29, 1.82) is 0 Å². The quantitative estimate of drug-likeness (QED) is 0.602. The van der Waals surface area contributed by atoms with Gasteiger partial charge in [0.1, 0.15) is 23.9 Å². The number of aryl methyl sites for hydroxylation is 2. The van der Waals surface area contributed by atoms with E-state index >= 15 is 0 Å². The van der Waals surface area contributed by atoms with Crippen LogP contribution in [-0.4, -0.2) is 49.3 Å². The second-order valence-corrected chi connectivity index (χ2v) is 7.54. The Morgan fingerprint density at radius 1 is 1.00 bits per heavy atom. The SMILES string of the molecule is COc1ccccc1N1CCN(C(=O)c2ccccc2OCc2c(C)noc2C)CC1. The Balaban J connectivity index is 1.43. The number of hydrogen-bond donors (Lipinski definition) is 0. The maximum absolute atomic E-state index is 13.3. The van der Waals surface area contributed by atoms with Gasteiger partial charge in [-0.15, -0.1) is 0 Å². The van der Waals surface area contributed by atoms with Crippen LogP contribution in [0.4, 0.5) is 5.69 Å². The lowest BCUT2D eigenvalue weighted by molar-refractivity contribution is 0.0742. The number of nitrogens with zero attached hydrogens (tertiary/aromatic N) is 3. The van der Waals surface area contributed by atoms with Crippen molar-refractivity contribution < 1.29 is 18.8 Å². The summed E-state index contributed by atoms with van der Waals surface area (Å²) in [6, 6.07) is 15.4. The van der Waals surface area contributed by atoms with Crippen LogP contribution in [0.2, 0.25) is 0 Å². The number of amides is 1. The maximum Gasteiger partial charge on any atom is 0.257 e. The average molecular weight is 421 g/mol. The molecule has 1 aliphatic rings. The molecule has 1 amide bonds. The monoisotopic (exact) mass is 421 g/mol. The summed E-state index contributed by atoms with van der Waals surface area (Å²) in [6.45, 7) is 6.81. The Kier molecular flexibility index (Phi) is 6.11. The first-order chi connectivity index (χ1) is 15.1. The molecule has 0 N–H and O–H groups in total. The van der Waals surface area contributed by atoms with Gasteiger partial charge in [0.2, 0.25) is 0 Å². The molecule has 1 aliphatic heterocycles. The van der Waals surface area contributed by atoms with Crippen molar-refractivity contribution in [3.8, 4) is 11.5 Å². The van der Waals surface area contributed by atoms with Crippen molar-refractivity contribution in [2.75, 3.05) is 38.2 Å². The molecule has 1 saturated heterocycles. The topological polar surface area (TPSA) is 68.0 Å². The molecule has 2 aromatic carbocycles. The van der Waals surface area contributed by atoms with Crippen molar-refractivity contribution in [2.24, 2.45) is 0 Å². The molecule has 0 unspecified atom stereocenters. The Morgan fingerprint density at radius 2 is 1.68 bits per heavy atom. The van der Waals surface area contributed by atoms with Crippen LogP contribution in [0.3, 0.4) is 0 Å². The number of benzene rings is 2. The van der Waals surface area contributed by atoms with E-state index in [1.54, 1.807) is 7.11 Å². The molecule has 0 aliphatic carbocycles. The second kappa shape index (κ2) is 9.12. The minimum Gasteiger partial charge on any atom is -0.495 e. The first-order valence-electron chi connectivity index (χ1n) is 10.4. The van der Waals surface area contributed by atoms with E-state index in [0.717, 1.165) is 41.5 Å². The van der Waals surface area contributed by atoms with Gasteiger partial charge in [-0.25, -0.2) is 0 Å². The number of carbonyl (C=O) groups is 1. The summed E-state index contributed by atoms with van der Waals surface area (Å²) in [6.07, 6.45) is 0. The average Bonchev–Trinajstić information content (AvgIpc) is 3.14. The number of ether oxygens (including phenoxy) is 2. The molecule has 0 spiro atoms. The Labute approximate surface area is 182 Å². The molecular formula is C24H27N3O4. The van der Waals surface area contributed by atoms with Crippen molar-refractivity contribution in [3.05, 3.63) is 71.1 Å². The van der Waals surface area contributed by atoms with E-state index in [4.69, 9.17) is 14.0 Å². The van der Waals surface area contributed by atoms with Crippen LogP contribution in [0.5, 0.6) is 11.5 Å². The molecule has 7 heteroatoms. The molecule has 1 aromatic heterocycles. The number of methoxy groups -OCH3 is 1. The summed E-state index contributed by atoms with van der Waals surface area (Å²) in [5, 5.41) is 3.96. The van der Waals surface area contributed by atoms with Gasteiger partial charge >= 0.3 is 0 Å². The summed E-state index contributed by atoms with van der Waals surface area (Å²) in [4.78, 5) is 17.4. The molecule has 162 valence electrons. The highest BCUT2D eigenvalue weighted by Crippen LogP contribution is 2.29. The van der Waals surface area contributed by atoms with Crippen molar-refractivity contribution in [2.45, 2.75) is 20.5 Å². The molecule has 2 heterocycles. The van der Waals surface area contributed by atoms with Crippen LogP contribution in [0, 0.1) is 13.8 Å². The third-order valence-electron chi connectivity index (χ3n) is 5.66. The van der Waals surface area contributed by atoms with E-state index in [1.807, 2.05) is 67.3 Å². The van der Waals surface area contributed by atoms with Gasteiger partial charge in [-0.2, -0.15) is 0 Å². The number of carbonyl (C=O) groups excluding carboxylic acids is 1. The molecule has 3 aromatic rings. The van der Waals surface area contributed by atoms with E-state index in [0.29, 0.717) is 31.0 Å². The molecule has 0 radical (unpaired) electrons. The van der Waals surface area contributed by atoms with Gasteiger partial charge in [-0.1, -0.05) is 29.4 Å². The highest BCUT2D eigenvalue weighted by Gasteiger charge is 2.25. The molecule has 4 rings (SSSR count). The summed E-state index contributed by atoms with van der Waals surface area (Å²) in [5.41, 5.74) is 3.33. The molecule has 0 saturated carbocycles. The summed E-state index contributed by atoms with van der Waals surface area (Å²) < 4.78 is 16.7. The number of rotatable bonds is 6.